The molecule has 0 aliphatic carbocycles. The number of ether oxygens (including phenoxy) is 1. The lowest BCUT2D eigenvalue weighted by molar-refractivity contribution is -0.127. The largest absolute Gasteiger partial charge is 0.472 e. The van der Waals surface area contributed by atoms with Crippen molar-refractivity contribution in [2.24, 2.45) is 11.8 Å². The molecule has 1 aromatic heterocycles. The Morgan fingerprint density at radius 1 is 1.27 bits per heavy atom. The van der Waals surface area contributed by atoms with Gasteiger partial charge in [0.15, 0.2) is 5.78 Å². The number of nitrogens with one attached hydrogen (secondary N) is 2. The zero-order valence-electron chi connectivity index (χ0n) is 15.8. The summed E-state index contributed by atoms with van der Waals surface area (Å²) >= 11 is 0. The molecule has 0 saturated carbocycles. The van der Waals surface area contributed by atoms with E-state index in [2.05, 4.69) is 31.4 Å². The van der Waals surface area contributed by atoms with Crippen molar-refractivity contribution < 1.29 is 23.5 Å². The number of Topliss-reactive ketones (excluding diaryl/α,β-unsaturated/α-hetero) is 1. The summed E-state index contributed by atoms with van der Waals surface area (Å²) in [5.41, 5.74) is 0.355. The average molecular weight is 364 g/mol. The minimum Gasteiger partial charge on any atom is -0.472 e. The topological polar surface area (TPSA) is 97.6 Å². The average Bonchev–Trinajstić information content (AvgIpc) is 3.23. The maximum atomic E-state index is 12.7. The molecule has 0 spiro atoms. The van der Waals surface area contributed by atoms with Crippen LogP contribution in [0.15, 0.2) is 23.0 Å². The van der Waals surface area contributed by atoms with Crippen molar-refractivity contribution in [2.45, 2.75) is 58.7 Å². The number of furan rings is 1. The molecule has 2 N–H and O–H groups in total. The summed E-state index contributed by atoms with van der Waals surface area (Å²) in [6.07, 6.45) is 3.64. The number of carbonyl (C=O) groups excluding carboxylic acids is 3. The van der Waals surface area contributed by atoms with Gasteiger partial charge in [-0.1, -0.05) is 20.8 Å². The van der Waals surface area contributed by atoms with Crippen LogP contribution in [0, 0.1) is 11.8 Å². The highest BCUT2D eigenvalue weighted by Gasteiger charge is 2.35. The summed E-state index contributed by atoms with van der Waals surface area (Å²) in [7, 11) is 0. The standard InChI is InChI=1S/C19H28N2O5/c1-11(2)12(3)5-6-15(20-18(23)14-7-8-25-9-14)19(24)21-17-13(4)26-10-16(17)22/h7-9,11-13,15,17H,5-6,10H2,1-4H3,(H,20,23)(H,21,24)/t12?,13-,15-,17-/m0/s1. The molecule has 0 radical (unpaired) electrons. The van der Waals surface area contributed by atoms with Crippen molar-refractivity contribution in [1.82, 2.24) is 10.6 Å². The Hall–Kier alpha value is -2.15. The van der Waals surface area contributed by atoms with E-state index in [-0.39, 0.29) is 30.3 Å². The number of rotatable bonds is 8. The molecule has 144 valence electrons. The lowest BCUT2D eigenvalue weighted by atomic mass is 9.91. The number of hydrogen-bond donors (Lipinski definition) is 2. The zero-order chi connectivity index (χ0) is 19.3. The predicted octanol–water partition coefficient (Wildman–Crippen LogP) is 1.92. The molecule has 1 aliphatic rings. The Kier molecular flexibility index (Phi) is 6.97. The summed E-state index contributed by atoms with van der Waals surface area (Å²) in [5, 5.41) is 5.48. The zero-order valence-corrected chi connectivity index (χ0v) is 15.8. The lowest BCUT2D eigenvalue weighted by Gasteiger charge is -2.23. The lowest BCUT2D eigenvalue weighted by Crippen LogP contribution is -2.53. The second-order valence-corrected chi connectivity index (χ2v) is 7.31. The molecule has 2 heterocycles. The monoisotopic (exact) mass is 364 g/mol. The van der Waals surface area contributed by atoms with Gasteiger partial charge < -0.3 is 19.8 Å². The van der Waals surface area contributed by atoms with Crippen LogP contribution in [-0.2, 0) is 14.3 Å². The summed E-state index contributed by atoms with van der Waals surface area (Å²) in [6.45, 7) is 8.12. The van der Waals surface area contributed by atoms with Gasteiger partial charge in [0, 0.05) is 0 Å². The van der Waals surface area contributed by atoms with Crippen LogP contribution in [0.3, 0.4) is 0 Å². The van der Waals surface area contributed by atoms with Crippen molar-refractivity contribution in [3.63, 3.8) is 0 Å². The minimum atomic E-state index is -0.723. The fraction of sp³-hybridized carbons (Fsp3) is 0.632. The van der Waals surface area contributed by atoms with Crippen LogP contribution < -0.4 is 10.6 Å². The van der Waals surface area contributed by atoms with E-state index in [1.165, 1.54) is 18.6 Å². The molecular weight excluding hydrogens is 336 g/mol. The van der Waals surface area contributed by atoms with Gasteiger partial charge >= 0.3 is 0 Å². The third kappa shape index (κ3) is 5.17. The quantitative estimate of drug-likeness (QED) is 0.734. The van der Waals surface area contributed by atoms with Gasteiger partial charge in [0.1, 0.15) is 25.0 Å². The molecule has 1 aromatic rings. The summed E-state index contributed by atoms with van der Waals surface area (Å²) in [6, 6.07) is 0.148. The second-order valence-electron chi connectivity index (χ2n) is 7.31. The molecule has 0 aromatic carbocycles. The Morgan fingerprint density at radius 3 is 2.54 bits per heavy atom. The third-order valence-corrected chi connectivity index (χ3v) is 5.06. The van der Waals surface area contributed by atoms with Crippen LogP contribution >= 0.6 is 0 Å². The van der Waals surface area contributed by atoms with Crippen LogP contribution in [0.1, 0.15) is 50.9 Å². The number of hydrogen-bond acceptors (Lipinski definition) is 5. The Balaban J connectivity index is 2.04. The van der Waals surface area contributed by atoms with Gasteiger partial charge in [-0.15, -0.1) is 0 Å². The van der Waals surface area contributed by atoms with E-state index in [4.69, 9.17) is 9.15 Å². The molecule has 1 fully saturated rings. The van der Waals surface area contributed by atoms with Crippen molar-refractivity contribution in [3.05, 3.63) is 24.2 Å². The first-order valence-corrected chi connectivity index (χ1v) is 9.07. The summed E-state index contributed by atoms with van der Waals surface area (Å²) in [5.74, 6) is -0.00688. The van der Waals surface area contributed by atoms with Gasteiger partial charge in [0.05, 0.1) is 17.9 Å². The molecule has 1 aliphatic heterocycles. The second kappa shape index (κ2) is 8.98. The van der Waals surface area contributed by atoms with E-state index in [1.807, 2.05) is 0 Å². The minimum absolute atomic E-state index is 0.00252. The van der Waals surface area contributed by atoms with Gasteiger partial charge in [0.25, 0.3) is 5.91 Å². The van der Waals surface area contributed by atoms with Crippen LogP contribution in [0.4, 0.5) is 0 Å². The van der Waals surface area contributed by atoms with Gasteiger partial charge in [-0.2, -0.15) is 0 Å². The van der Waals surface area contributed by atoms with Crippen molar-refractivity contribution in [1.29, 1.82) is 0 Å². The first-order valence-electron chi connectivity index (χ1n) is 9.07. The maximum Gasteiger partial charge on any atom is 0.255 e. The van der Waals surface area contributed by atoms with E-state index in [9.17, 15) is 14.4 Å². The number of carbonyl (C=O) groups is 3. The SMILES string of the molecule is CC(C)C(C)CC[C@H](NC(=O)c1ccoc1)C(=O)N[C@@H]1C(=O)CO[C@H]1C. The highest BCUT2D eigenvalue weighted by Crippen LogP contribution is 2.18. The van der Waals surface area contributed by atoms with Gasteiger partial charge in [-0.25, -0.2) is 0 Å². The van der Waals surface area contributed by atoms with Crippen molar-refractivity contribution in [3.8, 4) is 0 Å². The Labute approximate surface area is 153 Å². The molecule has 4 atom stereocenters. The van der Waals surface area contributed by atoms with Crippen LogP contribution in [0.25, 0.3) is 0 Å². The van der Waals surface area contributed by atoms with E-state index in [0.717, 1.165) is 6.42 Å². The van der Waals surface area contributed by atoms with Gasteiger partial charge in [0.2, 0.25) is 5.91 Å². The van der Waals surface area contributed by atoms with Gasteiger partial charge in [-0.05, 0) is 37.7 Å². The number of ketones is 1. The van der Waals surface area contributed by atoms with E-state index >= 15 is 0 Å². The smallest absolute Gasteiger partial charge is 0.255 e. The molecule has 26 heavy (non-hydrogen) atoms. The summed E-state index contributed by atoms with van der Waals surface area (Å²) in [4.78, 5) is 36.9. The van der Waals surface area contributed by atoms with Crippen LogP contribution in [-0.4, -0.2) is 42.4 Å². The van der Waals surface area contributed by atoms with Gasteiger partial charge in [-0.3, -0.25) is 14.4 Å². The maximum absolute atomic E-state index is 12.7. The fourth-order valence-electron chi connectivity index (χ4n) is 2.78. The Bertz CT molecular complexity index is 626. The fourth-order valence-corrected chi connectivity index (χ4v) is 2.78. The van der Waals surface area contributed by atoms with E-state index < -0.39 is 12.1 Å². The Morgan fingerprint density at radius 2 is 2.00 bits per heavy atom. The van der Waals surface area contributed by atoms with Crippen molar-refractivity contribution >= 4 is 17.6 Å². The molecule has 1 unspecified atom stereocenters. The van der Waals surface area contributed by atoms with Crippen LogP contribution in [0.5, 0.6) is 0 Å². The highest BCUT2D eigenvalue weighted by molar-refractivity contribution is 5.98. The highest BCUT2D eigenvalue weighted by atomic mass is 16.5. The number of amides is 2. The molecule has 2 amide bonds. The van der Waals surface area contributed by atoms with Crippen LogP contribution in [0.2, 0.25) is 0 Å². The first kappa shape index (κ1) is 20.2. The molecule has 7 heteroatoms. The molecule has 0 bridgehead atoms. The first-order chi connectivity index (χ1) is 12.3. The van der Waals surface area contributed by atoms with Crippen molar-refractivity contribution in [2.75, 3.05) is 6.61 Å². The predicted molar refractivity (Wildman–Crippen MR) is 95.5 cm³/mol. The van der Waals surface area contributed by atoms with E-state index in [0.29, 0.717) is 23.8 Å². The third-order valence-electron chi connectivity index (χ3n) is 5.06. The summed E-state index contributed by atoms with van der Waals surface area (Å²) < 4.78 is 10.2. The molecule has 2 rings (SSSR count). The molecular formula is C19H28N2O5. The van der Waals surface area contributed by atoms with E-state index in [1.54, 1.807) is 6.92 Å². The normalized spacial score (nSPS) is 22.3. The molecule has 7 nitrogen and oxygen atoms in total. The molecule has 1 saturated heterocycles.